The number of carbonyl (C=O) groups excluding carboxylic acids is 1. The first kappa shape index (κ1) is 9.78. The topological polar surface area (TPSA) is 49.3 Å². The van der Waals surface area contributed by atoms with Crippen LogP contribution in [0.4, 0.5) is 0 Å². The predicted molar refractivity (Wildman–Crippen MR) is 43.1 cm³/mol. The van der Waals surface area contributed by atoms with Crippen molar-refractivity contribution >= 4 is 18.5 Å². The molecule has 0 aliphatic heterocycles. The zero-order valence-corrected chi connectivity index (χ0v) is 6.90. The van der Waals surface area contributed by atoms with Crippen molar-refractivity contribution in [3.05, 3.63) is 0 Å². The van der Waals surface area contributed by atoms with Crippen molar-refractivity contribution in [2.45, 2.75) is 6.92 Å². The van der Waals surface area contributed by atoms with E-state index >= 15 is 0 Å². The second-order valence-corrected chi connectivity index (χ2v) is 2.46. The standard InChI is InChI=1S/C6H13NO2S/c1-5(4-10)6(9)7-2-3-8/h5,8,10H,2-4H2,1H3,(H,7,9). The number of hydrogen-bond acceptors (Lipinski definition) is 3. The first-order chi connectivity index (χ1) is 4.72. The fourth-order valence-electron chi connectivity index (χ4n) is 0.436. The Morgan fingerprint density at radius 1 is 1.80 bits per heavy atom. The normalized spacial score (nSPS) is 12.7. The van der Waals surface area contributed by atoms with Crippen molar-refractivity contribution in [3.63, 3.8) is 0 Å². The maximum absolute atomic E-state index is 10.9. The summed E-state index contributed by atoms with van der Waals surface area (Å²) < 4.78 is 0. The number of aliphatic hydroxyl groups is 1. The Hall–Kier alpha value is -0.220. The van der Waals surface area contributed by atoms with Crippen LogP contribution in [-0.2, 0) is 4.79 Å². The molecule has 1 unspecified atom stereocenters. The fraction of sp³-hybridized carbons (Fsp3) is 0.833. The third-order valence-electron chi connectivity index (χ3n) is 1.13. The van der Waals surface area contributed by atoms with Crippen LogP contribution in [0.25, 0.3) is 0 Å². The van der Waals surface area contributed by atoms with Crippen molar-refractivity contribution in [1.29, 1.82) is 0 Å². The zero-order valence-electron chi connectivity index (χ0n) is 6.00. The lowest BCUT2D eigenvalue weighted by Gasteiger charge is -2.07. The Morgan fingerprint density at radius 2 is 2.40 bits per heavy atom. The van der Waals surface area contributed by atoms with Crippen LogP contribution in [0, 0.1) is 5.92 Å². The zero-order chi connectivity index (χ0) is 7.98. The molecule has 2 N–H and O–H groups in total. The van der Waals surface area contributed by atoms with Gasteiger partial charge in [0.15, 0.2) is 0 Å². The highest BCUT2D eigenvalue weighted by Gasteiger charge is 2.08. The largest absolute Gasteiger partial charge is 0.395 e. The molecule has 0 radical (unpaired) electrons. The van der Waals surface area contributed by atoms with Crippen LogP contribution in [-0.4, -0.2) is 29.9 Å². The van der Waals surface area contributed by atoms with Gasteiger partial charge in [-0.05, 0) is 0 Å². The maximum atomic E-state index is 10.9. The SMILES string of the molecule is CC(CS)C(=O)NCCO. The monoisotopic (exact) mass is 163 g/mol. The summed E-state index contributed by atoms with van der Waals surface area (Å²) in [5.41, 5.74) is 0. The highest BCUT2D eigenvalue weighted by molar-refractivity contribution is 7.80. The van der Waals surface area contributed by atoms with Gasteiger partial charge >= 0.3 is 0 Å². The lowest BCUT2D eigenvalue weighted by molar-refractivity contribution is -0.123. The van der Waals surface area contributed by atoms with Gasteiger partial charge in [-0.2, -0.15) is 12.6 Å². The molecule has 0 heterocycles. The molecule has 0 bridgehead atoms. The van der Waals surface area contributed by atoms with E-state index in [0.717, 1.165) is 0 Å². The third kappa shape index (κ3) is 3.74. The Morgan fingerprint density at radius 3 is 2.80 bits per heavy atom. The van der Waals surface area contributed by atoms with Crippen LogP contribution in [0.2, 0.25) is 0 Å². The highest BCUT2D eigenvalue weighted by atomic mass is 32.1. The van der Waals surface area contributed by atoms with Gasteiger partial charge in [0.05, 0.1) is 6.61 Å². The minimum absolute atomic E-state index is 0.00890. The van der Waals surface area contributed by atoms with Crippen LogP contribution in [0.5, 0.6) is 0 Å². The van der Waals surface area contributed by atoms with E-state index in [0.29, 0.717) is 12.3 Å². The van der Waals surface area contributed by atoms with E-state index in [-0.39, 0.29) is 18.4 Å². The lowest BCUT2D eigenvalue weighted by Crippen LogP contribution is -2.32. The number of aliphatic hydroxyl groups excluding tert-OH is 1. The first-order valence-corrected chi connectivity index (χ1v) is 3.85. The smallest absolute Gasteiger partial charge is 0.223 e. The van der Waals surface area contributed by atoms with E-state index in [4.69, 9.17) is 5.11 Å². The van der Waals surface area contributed by atoms with E-state index in [2.05, 4.69) is 17.9 Å². The van der Waals surface area contributed by atoms with Gasteiger partial charge in [0.1, 0.15) is 0 Å². The van der Waals surface area contributed by atoms with Crippen LogP contribution >= 0.6 is 12.6 Å². The fourth-order valence-corrected chi connectivity index (χ4v) is 0.602. The molecule has 0 aromatic rings. The van der Waals surface area contributed by atoms with Gasteiger partial charge in [0, 0.05) is 18.2 Å². The van der Waals surface area contributed by atoms with E-state index in [1.54, 1.807) is 6.92 Å². The Kier molecular flexibility index (Phi) is 5.43. The molecule has 60 valence electrons. The highest BCUT2D eigenvalue weighted by Crippen LogP contribution is 1.95. The first-order valence-electron chi connectivity index (χ1n) is 3.21. The van der Waals surface area contributed by atoms with Crippen LogP contribution in [0.3, 0.4) is 0 Å². The van der Waals surface area contributed by atoms with Crippen LogP contribution in [0.15, 0.2) is 0 Å². The second kappa shape index (κ2) is 5.56. The summed E-state index contributed by atoms with van der Waals surface area (Å²) in [4.78, 5) is 10.9. The van der Waals surface area contributed by atoms with E-state index in [9.17, 15) is 4.79 Å². The summed E-state index contributed by atoms with van der Waals surface area (Å²) >= 11 is 3.95. The van der Waals surface area contributed by atoms with E-state index in [1.165, 1.54) is 0 Å². The third-order valence-corrected chi connectivity index (χ3v) is 1.68. The van der Waals surface area contributed by atoms with Gasteiger partial charge in [-0.3, -0.25) is 4.79 Å². The molecule has 1 amide bonds. The van der Waals surface area contributed by atoms with Gasteiger partial charge in [-0.1, -0.05) is 6.92 Å². The quantitative estimate of drug-likeness (QED) is 0.497. The number of rotatable bonds is 4. The van der Waals surface area contributed by atoms with Crippen molar-refractivity contribution in [1.82, 2.24) is 5.32 Å². The van der Waals surface area contributed by atoms with Gasteiger partial charge in [-0.15, -0.1) is 0 Å². The molecule has 0 aromatic heterocycles. The Balaban J connectivity index is 3.42. The van der Waals surface area contributed by atoms with E-state index in [1.807, 2.05) is 0 Å². The molecule has 0 aliphatic carbocycles. The molecule has 0 aromatic carbocycles. The van der Waals surface area contributed by atoms with E-state index < -0.39 is 0 Å². The molecule has 0 fully saturated rings. The summed E-state index contributed by atoms with van der Waals surface area (Å²) in [5.74, 6) is 0.413. The van der Waals surface area contributed by atoms with Crippen molar-refractivity contribution in [2.24, 2.45) is 5.92 Å². The Labute approximate surface area is 66.2 Å². The van der Waals surface area contributed by atoms with Crippen LogP contribution in [0.1, 0.15) is 6.92 Å². The Bertz CT molecular complexity index is 108. The lowest BCUT2D eigenvalue weighted by atomic mass is 10.2. The molecule has 1 atom stereocenters. The molecule has 0 rings (SSSR count). The number of carbonyl (C=O) groups is 1. The summed E-state index contributed by atoms with van der Waals surface area (Å²) in [6.45, 7) is 2.11. The molecule has 0 saturated carbocycles. The molecular formula is C6H13NO2S. The number of nitrogens with one attached hydrogen (secondary N) is 1. The van der Waals surface area contributed by atoms with Crippen molar-refractivity contribution in [2.75, 3.05) is 18.9 Å². The van der Waals surface area contributed by atoms with Gasteiger partial charge in [0.25, 0.3) is 0 Å². The molecular weight excluding hydrogens is 150 g/mol. The number of thiol groups is 1. The molecule has 3 nitrogen and oxygen atoms in total. The second-order valence-electron chi connectivity index (χ2n) is 2.10. The molecule has 0 saturated heterocycles. The average Bonchev–Trinajstić information content (AvgIpc) is 1.98. The van der Waals surface area contributed by atoms with Crippen molar-refractivity contribution < 1.29 is 9.90 Å². The maximum Gasteiger partial charge on any atom is 0.223 e. The van der Waals surface area contributed by atoms with Crippen LogP contribution < -0.4 is 5.32 Å². The van der Waals surface area contributed by atoms with Gasteiger partial charge < -0.3 is 10.4 Å². The van der Waals surface area contributed by atoms with Crippen molar-refractivity contribution in [3.8, 4) is 0 Å². The summed E-state index contributed by atoms with van der Waals surface area (Å²) in [6, 6.07) is 0. The minimum atomic E-state index is -0.0742. The molecule has 4 heteroatoms. The predicted octanol–water partition coefficient (Wildman–Crippen LogP) is -0.339. The average molecular weight is 163 g/mol. The summed E-state index contributed by atoms with van der Waals surface area (Å²) in [5, 5.41) is 10.9. The number of amides is 1. The van der Waals surface area contributed by atoms with Gasteiger partial charge in [0.2, 0.25) is 5.91 Å². The van der Waals surface area contributed by atoms with Gasteiger partial charge in [-0.25, -0.2) is 0 Å². The molecule has 10 heavy (non-hydrogen) atoms. The molecule has 0 aliphatic rings. The minimum Gasteiger partial charge on any atom is -0.395 e. The summed E-state index contributed by atoms with van der Waals surface area (Å²) in [6.07, 6.45) is 0. The number of hydrogen-bond donors (Lipinski definition) is 3. The molecule has 0 spiro atoms. The summed E-state index contributed by atoms with van der Waals surface area (Å²) in [7, 11) is 0.